The topological polar surface area (TPSA) is 12.0 Å². The van der Waals surface area contributed by atoms with Gasteiger partial charge in [0, 0.05) is 12.2 Å². The summed E-state index contributed by atoms with van der Waals surface area (Å²) in [6.07, 6.45) is 0. The molecular weight excluding hydrogens is 194 g/mol. The van der Waals surface area contributed by atoms with E-state index in [2.05, 4.69) is 67.7 Å². The molecule has 82 valence electrons. The van der Waals surface area contributed by atoms with Crippen LogP contribution in [0.2, 0.25) is 0 Å². The summed E-state index contributed by atoms with van der Waals surface area (Å²) in [5.41, 5.74) is 5.08. The van der Waals surface area contributed by atoms with Gasteiger partial charge in [0.25, 0.3) is 0 Å². The summed E-state index contributed by atoms with van der Waals surface area (Å²) >= 11 is 0. The summed E-state index contributed by atoms with van der Waals surface area (Å²) in [7, 11) is 0. The molecule has 0 unspecified atom stereocenters. The molecule has 0 atom stereocenters. The van der Waals surface area contributed by atoms with Crippen molar-refractivity contribution in [3.8, 4) is 0 Å². The maximum Gasteiger partial charge on any atom is 0.0400 e. The lowest BCUT2D eigenvalue weighted by Gasteiger charge is -2.07. The normalized spacial score (nSPS) is 10.1. The number of aryl methyl sites for hydroxylation is 2. The Morgan fingerprint density at radius 3 is 1.81 bits per heavy atom. The van der Waals surface area contributed by atoms with Crippen LogP contribution in [0.4, 0.5) is 5.69 Å². The molecule has 0 saturated carbocycles. The first kappa shape index (κ1) is 10.7. The average Bonchev–Trinajstić information content (AvgIpc) is 2.30. The molecule has 2 rings (SSSR count). The van der Waals surface area contributed by atoms with Crippen molar-refractivity contribution in [2.75, 3.05) is 5.32 Å². The molecule has 0 radical (unpaired) electrons. The van der Waals surface area contributed by atoms with Crippen LogP contribution in [0.25, 0.3) is 0 Å². The molecule has 0 fully saturated rings. The van der Waals surface area contributed by atoms with Gasteiger partial charge in [-0.1, -0.05) is 47.5 Å². The lowest BCUT2D eigenvalue weighted by Crippen LogP contribution is -1.98. The van der Waals surface area contributed by atoms with Gasteiger partial charge in [0.1, 0.15) is 0 Å². The molecule has 0 aromatic heterocycles. The third-order valence-electron chi connectivity index (χ3n) is 2.67. The second kappa shape index (κ2) is 4.84. The molecule has 2 aromatic carbocycles. The zero-order valence-corrected chi connectivity index (χ0v) is 9.83. The van der Waals surface area contributed by atoms with E-state index in [0.29, 0.717) is 0 Å². The van der Waals surface area contributed by atoms with Gasteiger partial charge in [0.2, 0.25) is 0 Å². The zero-order chi connectivity index (χ0) is 11.4. The van der Waals surface area contributed by atoms with E-state index in [0.717, 1.165) is 6.54 Å². The number of hydrogen-bond donors (Lipinski definition) is 1. The van der Waals surface area contributed by atoms with Gasteiger partial charge in [-0.25, -0.2) is 0 Å². The van der Waals surface area contributed by atoms with Crippen molar-refractivity contribution in [1.82, 2.24) is 0 Å². The second-order valence-electron chi connectivity index (χ2n) is 4.21. The Kier molecular flexibility index (Phi) is 3.25. The minimum absolute atomic E-state index is 0.878. The Bertz CT molecular complexity index is 394. The van der Waals surface area contributed by atoms with Crippen LogP contribution >= 0.6 is 0 Å². The molecule has 0 aliphatic rings. The van der Waals surface area contributed by atoms with E-state index in [9.17, 15) is 0 Å². The number of anilines is 1. The number of rotatable bonds is 3. The van der Waals surface area contributed by atoms with Crippen LogP contribution in [0.1, 0.15) is 16.7 Å². The van der Waals surface area contributed by atoms with Crippen LogP contribution in [0, 0.1) is 13.8 Å². The smallest absolute Gasteiger partial charge is 0.0400 e. The van der Waals surface area contributed by atoms with Crippen molar-refractivity contribution in [2.24, 2.45) is 0 Å². The average molecular weight is 211 g/mol. The van der Waals surface area contributed by atoms with Crippen LogP contribution < -0.4 is 5.32 Å². The van der Waals surface area contributed by atoms with Crippen LogP contribution in [0.5, 0.6) is 0 Å². The number of benzene rings is 2. The molecule has 0 bridgehead atoms. The predicted molar refractivity (Wildman–Crippen MR) is 69.7 cm³/mol. The zero-order valence-electron chi connectivity index (χ0n) is 9.83. The van der Waals surface area contributed by atoms with E-state index in [1.165, 1.54) is 22.4 Å². The van der Waals surface area contributed by atoms with Crippen molar-refractivity contribution in [3.63, 3.8) is 0 Å². The molecule has 1 heteroatoms. The van der Waals surface area contributed by atoms with E-state index in [4.69, 9.17) is 0 Å². The molecule has 2 aromatic rings. The third kappa shape index (κ3) is 2.86. The lowest BCUT2D eigenvalue weighted by molar-refractivity contribution is 1.14. The fourth-order valence-corrected chi connectivity index (χ4v) is 1.58. The van der Waals surface area contributed by atoms with E-state index in [1.807, 2.05) is 0 Å². The van der Waals surface area contributed by atoms with Gasteiger partial charge >= 0.3 is 0 Å². The minimum Gasteiger partial charge on any atom is -0.381 e. The maximum atomic E-state index is 3.41. The lowest BCUT2D eigenvalue weighted by atomic mass is 10.1. The van der Waals surface area contributed by atoms with E-state index in [1.54, 1.807) is 0 Å². The SMILES string of the molecule is Cc1ccc(CNc2ccc(C)cc2)cc1. The van der Waals surface area contributed by atoms with Crippen molar-refractivity contribution in [2.45, 2.75) is 20.4 Å². The quantitative estimate of drug-likeness (QED) is 0.811. The highest BCUT2D eigenvalue weighted by Crippen LogP contribution is 2.11. The summed E-state index contributed by atoms with van der Waals surface area (Å²) in [4.78, 5) is 0. The summed E-state index contributed by atoms with van der Waals surface area (Å²) in [5, 5.41) is 3.41. The first-order valence-electron chi connectivity index (χ1n) is 5.60. The van der Waals surface area contributed by atoms with Gasteiger partial charge in [-0.15, -0.1) is 0 Å². The second-order valence-corrected chi connectivity index (χ2v) is 4.21. The first-order chi connectivity index (χ1) is 7.74. The summed E-state index contributed by atoms with van der Waals surface area (Å²) < 4.78 is 0. The molecule has 0 aliphatic carbocycles. The minimum atomic E-state index is 0.878. The highest BCUT2D eigenvalue weighted by atomic mass is 14.9. The van der Waals surface area contributed by atoms with Gasteiger partial charge in [-0.3, -0.25) is 0 Å². The molecule has 0 saturated heterocycles. The van der Waals surface area contributed by atoms with E-state index < -0.39 is 0 Å². The van der Waals surface area contributed by atoms with Crippen LogP contribution in [0.3, 0.4) is 0 Å². The van der Waals surface area contributed by atoms with Gasteiger partial charge in [0.15, 0.2) is 0 Å². The Balaban J connectivity index is 1.97. The highest BCUT2D eigenvalue weighted by molar-refractivity contribution is 5.45. The molecule has 1 nitrogen and oxygen atoms in total. The molecule has 1 N–H and O–H groups in total. The fraction of sp³-hybridized carbons (Fsp3) is 0.200. The van der Waals surface area contributed by atoms with Crippen LogP contribution in [-0.4, -0.2) is 0 Å². The fourth-order valence-electron chi connectivity index (χ4n) is 1.58. The molecule has 0 heterocycles. The van der Waals surface area contributed by atoms with Gasteiger partial charge in [-0.05, 0) is 31.5 Å². The Morgan fingerprint density at radius 1 is 0.750 bits per heavy atom. The monoisotopic (exact) mass is 211 g/mol. The Hall–Kier alpha value is -1.76. The Morgan fingerprint density at radius 2 is 1.25 bits per heavy atom. The van der Waals surface area contributed by atoms with Crippen molar-refractivity contribution < 1.29 is 0 Å². The van der Waals surface area contributed by atoms with Gasteiger partial charge in [-0.2, -0.15) is 0 Å². The molecule has 0 amide bonds. The molecule has 0 aliphatic heterocycles. The summed E-state index contributed by atoms with van der Waals surface area (Å²) in [6, 6.07) is 17.1. The first-order valence-corrected chi connectivity index (χ1v) is 5.60. The van der Waals surface area contributed by atoms with Gasteiger partial charge < -0.3 is 5.32 Å². The standard InChI is InChI=1S/C15H17N/c1-12-3-7-14(8-4-12)11-16-15-9-5-13(2)6-10-15/h3-10,16H,11H2,1-2H3. The Labute approximate surface area is 97.1 Å². The highest BCUT2D eigenvalue weighted by Gasteiger charge is 1.93. The van der Waals surface area contributed by atoms with Crippen LogP contribution in [-0.2, 0) is 6.54 Å². The van der Waals surface area contributed by atoms with Crippen molar-refractivity contribution in [3.05, 3.63) is 65.2 Å². The maximum absolute atomic E-state index is 3.41. The third-order valence-corrected chi connectivity index (χ3v) is 2.67. The van der Waals surface area contributed by atoms with Crippen molar-refractivity contribution in [1.29, 1.82) is 0 Å². The molecular formula is C15H17N. The number of nitrogens with one attached hydrogen (secondary N) is 1. The van der Waals surface area contributed by atoms with Gasteiger partial charge in [0.05, 0.1) is 0 Å². The van der Waals surface area contributed by atoms with Crippen molar-refractivity contribution >= 4 is 5.69 Å². The summed E-state index contributed by atoms with van der Waals surface area (Å²) in [5.74, 6) is 0. The summed E-state index contributed by atoms with van der Waals surface area (Å²) in [6.45, 7) is 5.09. The van der Waals surface area contributed by atoms with E-state index in [-0.39, 0.29) is 0 Å². The van der Waals surface area contributed by atoms with E-state index >= 15 is 0 Å². The van der Waals surface area contributed by atoms with Crippen LogP contribution in [0.15, 0.2) is 48.5 Å². The molecule has 0 spiro atoms. The predicted octanol–water partition coefficient (Wildman–Crippen LogP) is 3.92. The molecule has 16 heavy (non-hydrogen) atoms. The number of hydrogen-bond acceptors (Lipinski definition) is 1. The largest absolute Gasteiger partial charge is 0.381 e.